The molecule has 36 valence electrons. The van der Waals surface area contributed by atoms with Gasteiger partial charge in [0.15, 0.2) is 0 Å². The first kappa shape index (κ1) is 4.95. The molecule has 1 fully saturated rings. The van der Waals surface area contributed by atoms with Crippen LogP contribution in [0.2, 0.25) is 18.8 Å². The van der Waals surface area contributed by atoms with Gasteiger partial charge in [-0.25, -0.2) is 0 Å². The van der Waals surface area contributed by atoms with Crippen molar-refractivity contribution in [3.05, 3.63) is 0 Å². The van der Waals surface area contributed by atoms with E-state index in [1.165, 1.54) is 0 Å². The van der Waals surface area contributed by atoms with E-state index in [4.69, 9.17) is 0 Å². The van der Waals surface area contributed by atoms with Gasteiger partial charge in [-0.1, -0.05) is 0 Å². The van der Waals surface area contributed by atoms with Crippen LogP contribution in [0.4, 0.5) is 0 Å². The quantitative estimate of drug-likeness (QED) is 0.514. The minimum absolute atomic E-state index is 1.05. The van der Waals surface area contributed by atoms with E-state index >= 15 is 0 Å². The molecular weight excluding hydrogens is 179 g/mol. The van der Waals surface area contributed by atoms with E-state index in [0.717, 1.165) is 0 Å². The Morgan fingerprint density at radius 1 is 1.17 bits per heavy atom. The second-order valence-electron chi connectivity index (χ2n) is 3.02. The average molecular weight is 191 g/mol. The van der Waals surface area contributed by atoms with Crippen molar-refractivity contribution in [3.8, 4) is 0 Å². The Morgan fingerprint density at radius 3 is 1.50 bits per heavy atom. The third-order valence-corrected chi connectivity index (χ3v) is 11.5. The van der Waals surface area contributed by atoms with Crippen molar-refractivity contribution in [1.29, 1.82) is 0 Å². The maximum atomic E-state index is 2.54. The molecule has 1 saturated heterocycles. The van der Waals surface area contributed by atoms with Gasteiger partial charge in [0, 0.05) is 0 Å². The second kappa shape index (κ2) is 1.39. The molecule has 0 aromatic rings. The first-order valence-electron chi connectivity index (χ1n) is 2.71. The Morgan fingerprint density at radius 2 is 1.50 bits per heavy atom. The molecule has 1 rings (SSSR count). The summed E-state index contributed by atoms with van der Waals surface area (Å²) in [5, 5.41) is 0. The third kappa shape index (κ3) is 0.894. The molecule has 1 heterocycles. The number of rotatable bonds is 0. The van der Waals surface area contributed by atoms with Crippen LogP contribution in [0.5, 0.6) is 0 Å². The van der Waals surface area contributed by atoms with Gasteiger partial charge < -0.3 is 0 Å². The third-order valence-electron chi connectivity index (χ3n) is 1.71. The average Bonchev–Trinajstić information content (AvgIpc) is 1.32. The molecule has 0 saturated carbocycles. The fourth-order valence-corrected chi connectivity index (χ4v) is 5.93. The molecule has 0 unspecified atom stereocenters. The van der Waals surface area contributed by atoms with Crippen LogP contribution in [0, 0.1) is 0 Å². The first-order valence-corrected chi connectivity index (χ1v) is 12.5. The Labute approximate surface area is 43.8 Å². The summed E-state index contributed by atoms with van der Waals surface area (Å²) in [6.07, 6.45) is 1.56. The van der Waals surface area contributed by atoms with Crippen LogP contribution in [0.15, 0.2) is 0 Å². The topological polar surface area (TPSA) is 0 Å². The molecule has 0 aliphatic carbocycles. The molecule has 0 amide bonds. The van der Waals surface area contributed by atoms with Crippen LogP contribution < -0.4 is 0 Å². The summed E-state index contributed by atoms with van der Waals surface area (Å²) in [7, 11) is 0. The molecule has 0 aromatic carbocycles. The van der Waals surface area contributed by atoms with Gasteiger partial charge in [-0.3, -0.25) is 0 Å². The zero-order valence-electron chi connectivity index (χ0n) is 4.62. The van der Waals surface area contributed by atoms with Crippen molar-refractivity contribution in [3.63, 3.8) is 0 Å². The van der Waals surface area contributed by atoms with E-state index in [1.807, 2.05) is 0 Å². The molecule has 1 aliphatic rings. The van der Waals surface area contributed by atoms with E-state index in [9.17, 15) is 0 Å². The van der Waals surface area contributed by atoms with Gasteiger partial charge in [-0.15, -0.1) is 0 Å². The molecular formula is C5H12Sn. The van der Waals surface area contributed by atoms with Crippen LogP contribution in [-0.2, 0) is 0 Å². The van der Waals surface area contributed by atoms with Crippen molar-refractivity contribution in [2.45, 2.75) is 25.2 Å². The summed E-state index contributed by atoms with van der Waals surface area (Å²) < 4.78 is 3.32. The summed E-state index contributed by atoms with van der Waals surface area (Å²) >= 11 is -1.05. The number of hydrogen-bond acceptors (Lipinski definition) is 0. The van der Waals surface area contributed by atoms with Crippen LogP contribution >= 0.6 is 0 Å². The predicted octanol–water partition coefficient (Wildman–Crippen LogP) is 2.10. The monoisotopic (exact) mass is 192 g/mol. The maximum absolute atomic E-state index is 2.54. The normalized spacial score (nSPS) is 29.0. The van der Waals surface area contributed by atoms with Gasteiger partial charge in [0.1, 0.15) is 0 Å². The van der Waals surface area contributed by atoms with Crippen molar-refractivity contribution >= 4 is 18.4 Å². The Hall–Kier alpha value is 0.799. The van der Waals surface area contributed by atoms with Crippen LogP contribution in [-0.4, -0.2) is 18.4 Å². The van der Waals surface area contributed by atoms with Crippen LogP contribution in [0.25, 0.3) is 0 Å². The van der Waals surface area contributed by atoms with Gasteiger partial charge in [-0.2, -0.15) is 0 Å². The van der Waals surface area contributed by atoms with E-state index in [-0.39, 0.29) is 0 Å². The van der Waals surface area contributed by atoms with Crippen LogP contribution in [0.3, 0.4) is 0 Å². The van der Waals surface area contributed by atoms with E-state index < -0.39 is 18.4 Å². The van der Waals surface area contributed by atoms with Gasteiger partial charge in [0.2, 0.25) is 0 Å². The van der Waals surface area contributed by atoms with Crippen LogP contribution in [0.1, 0.15) is 6.42 Å². The van der Waals surface area contributed by atoms with Crippen molar-refractivity contribution in [2.24, 2.45) is 0 Å². The number of hydrogen-bond donors (Lipinski definition) is 0. The molecule has 0 N–H and O–H groups in total. The molecule has 0 bridgehead atoms. The molecule has 0 spiro atoms. The summed E-state index contributed by atoms with van der Waals surface area (Å²) in [6.45, 7) is 0. The van der Waals surface area contributed by atoms with Gasteiger partial charge >= 0.3 is 43.6 Å². The summed E-state index contributed by atoms with van der Waals surface area (Å²) in [5.74, 6) is 0. The second-order valence-corrected chi connectivity index (χ2v) is 18.2. The van der Waals surface area contributed by atoms with Gasteiger partial charge in [0.05, 0.1) is 0 Å². The zero-order chi connectivity index (χ0) is 4.62. The van der Waals surface area contributed by atoms with E-state index in [1.54, 1.807) is 15.3 Å². The molecule has 0 atom stereocenters. The fourth-order valence-electron chi connectivity index (χ4n) is 0.884. The van der Waals surface area contributed by atoms with Crippen molar-refractivity contribution in [2.75, 3.05) is 0 Å². The fraction of sp³-hybridized carbons (Fsp3) is 1.00. The summed E-state index contributed by atoms with van der Waals surface area (Å²) in [5.41, 5.74) is 0. The SMILES string of the molecule is [CH3][Sn]1([CH3])[CH2]C[CH2]1. The van der Waals surface area contributed by atoms with Gasteiger partial charge in [0.25, 0.3) is 0 Å². The summed E-state index contributed by atoms with van der Waals surface area (Å²) in [4.78, 5) is 5.08. The molecule has 1 aliphatic heterocycles. The van der Waals surface area contributed by atoms with Crippen molar-refractivity contribution in [1.82, 2.24) is 0 Å². The Balaban J connectivity index is 2.31. The van der Waals surface area contributed by atoms with Gasteiger partial charge in [-0.05, 0) is 0 Å². The molecule has 0 radical (unpaired) electrons. The zero-order valence-corrected chi connectivity index (χ0v) is 7.48. The van der Waals surface area contributed by atoms with E-state index in [2.05, 4.69) is 9.88 Å². The predicted molar refractivity (Wildman–Crippen MR) is 31.7 cm³/mol. The molecule has 0 aromatic heterocycles. The Bertz CT molecular complexity index is 51.0. The van der Waals surface area contributed by atoms with E-state index in [0.29, 0.717) is 0 Å². The standard InChI is InChI=1S/C3H6.2CH3.Sn/c1-3-2;;;/h1-3H2;2*1H3;. The molecule has 1 heteroatoms. The molecule has 0 nitrogen and oxygen atoms in total. The summed E-state index contributed by atoms with van der Waals surface area (Å²) in [6, 6.07) is 0. The first-order chi connectivity index (χ1) is 2.71. The minimum atomic E-state index is -1.05. The van der Waals surface area contributed by atoms with Crippen molar-refractivity contribution < 1.29 is 0 Å². The Kier molecular flexibility index (Phi) is 1.15. The molecule has 6 heavy (non-hydrogen) atoms.